The average Bonchev–Trinajstić information content (AvgIpc) is 2.93. The molecule has 2 aliphatic heterocycles. The third-order valence-electron chi connectivity index (χ3n) is 4.34. The highest BCUT2D eigenvalue weighted by Crippen LogP contribution is 2.51. The zero-order valence-corrected chi connectivity index (χ0v) is 13.3. The minimum atomic E-state index is 0.0731. The Balaban J connectivity index is 1.66. The van der Waals surface area contributed by atoms with Crippen molar-refractivity contribution in [3.8, 4) is 11.5 Å². The van der Waals surface area contributed by atoms with Crippen molar-refractivity contribution in [2.24, 2.45) is 0 Å². The van der Waals surface area contributed by atoms with Crippen LogP contribution in [0.5, 0.6) is 11.5 Å². The summed E-state index contributed by atoms with van der Waals surface area (Å²) in [6.45, 7) is 2.23. The van der Waals surface area contributed by atoms with E-state index in [1.54, 1.807) is 18.9 Å². The van der Waals surface area contributed by atoms with Gasteiger partial charge in [0, 0.05) is 11.3 Å². The summed E-state index contributed by atoms with van der Waals surface area (Å²) in [5, 5.41) is 0. The summed E-state index contributed by atoms with van der Waals surface area (Å²) in [6, 6.07) is 14.7. The van der Waals surface area contributed by atoms with Crippen molar-refractivity contribution in [2.45, 2.75) is 16.1 Å². The first kappa shape index (κ1) is 14.0. The van der Waals surface area contributed by atoms with Crippen LogP contribution in [0.4, 0.5) is 0 Å². The summed E-state index contributed by atoms with van der Waals surface area (Å²) in [6.07, 6.45) is 0. The van der Waals surface area contributed by atoms with Crippen molar-refractivity contribution in [3.05, 3.63) is 53.6 Å². The molecule has 1 fully saturated rings. The van der Waals surface area contributed by atoms with Crippen LogP contribution in [0.2, 0.25) is 0 Å². The van der Waals surface area contributed by atoms with Gasteiger partial charge in [-0.05, 0) is 11.6 Å². The Morgan fingerprint density at radius 1 is 1.09 bits per heavy atom. The summed E-state index contributed by atoms with van der Waals surface area (Å²) >= 11 is 1.77. The van der Waals surface area contributed by atoms with Crippen LogP contribution in [0.15, 0.2) is 47.4 Å². The first-order valence-electron chi connectivity index (χ1n) is 7.41. The Hall–Kier alpha value is -1.65. The molecule has 0 radical (unpaired) electrons. The standard InChI is InChI=1S/C18H18O3S/c1-19-15-8-7-14-16(21-12-18(14)10-20-11-18)17(15)22-9-13-5-3-2-4-6-13/h2-8H,9-12H2,1H3. The highest BCUT2D eigenvalue weighted by molar-refractivity contribution is 7.98. The maximum atomic E-state index is 6.04. The zero-order valence-electron chi connectivity index (χ0n) is 12.5. The smallest absolute Gasteiger partial charge is 0.140 e. The molecule has 0 N–H and O–H groups in total. The van der Waals surface area contributed by atoms with E-state index in [4.69, 9.17) is 14.2 Å². The van der Waals surface area contributed by atoms with E-state index < -0.39 is 0 Å². The Bertz CT molecular complexity index is 680. The second-order valence-electron chi connectivity index (χ2n) is 5.81. The fourth-order valence-electron chi connectivity index (χ4n) is 3.01. The highest BCUT2D eigenvalue weighted by atomic mass is 32.2. The second-order valence-corrected chi connectivity index (χ2v) is 6.80. The number of hydrogen-bond donors (Lipinski definition) is 0. The van der Waals surface area contributed by atoms with E-state index in [0.717, 1.165) is 35.4 Å². The topological polar surface area (TPSA) is 27.7 Å². The van der Waals surface area contributed by atoms with Crippen LogP contribution in [-0.4, -0.2) is 26.9 Å². The van der Waals surface area contributed by atoms with Crippen molar-refractivity contribution in [2.75, 3.05) is 26.9 Å². The Kier molecular flexibility index (Phi) is 3.51. The lowest BCUT2D eigenvalue weighted by Crippen LogP contribution is -2.48. The van der Waals surface area contributed by atoms with Gasteiger partial charge in [-0.2, -0.15) is 0 Å². The van der Waals surface area contributed by atoms with E-state index >= 15 is 0 Å². The van der Waals surface area contributed by atoms with Crippen LogP contribution in [0, 0.1) is 0 Å². The van der Waals surface area contributed by atoms with Gasteiger partial charge in [0.05, 0.1) is 30.6 Å². The first-order chi connectivity index (χ1) is 10.8. The Morgan fingerprint density at radius 2 is 1.91 bits per heavy atom. The van der Waals surface area contributed by atoms with Gasteiger partial charge in [-0.25, -0.2) is 0 Å². The number of benzene rings is 2. The van der Waals surface area contributed by atoms with Gasteiger partial charge in [-0.15, -0.1) is 11.8 Å². The van der Waals surface area contributed by atoms with Gasteiger partial charge in [0.15, 0.2) is 0 Å². The third kappa shape index (κ3) is 2.18. The Labute approximate surface area is 134 Å². The molecule has 0 amide bonds. The number of thioether (sulfide) groups is 1. The summed E-state index contributed by atoms with van der Waals surface area (Å²) in [4.78, 5) is 1.10. The predicted octanol–water partition coefficient (Wildman–Crippen LogP) is 3.65. The monoisotopic (exact) mass is 314 g/mol. The first-order valence-corrected chi connectivity index (χ1v) is 8.40. The lowest BCUT2D eigenvalue weighted by molar-refractivity contribution is -0.0667. The lowest BCUT2D eigenvalue weighted by atomic mass is 9.81. The SMILES string of the molecule is COc1ccc2c(c1SCc1ccccc1)OCC21COC1. The van der Waals surface area contributed by atoms with E-state index in [0.29, 0.717) is 6.61 Å². The molecule has 3 nitrogen and oxygen atoms in total. The highest BCUT2D eigenvalue weighted by Gasteiger charge is 2.48. The van der Waals surface area contributed by atoms with Gasteiger partial charge in [-0.1, -0.05) is 36.4 Å². The minimum Gasteiger partial charge on any atom is -0.495 e. The molecule has 4 heteroatoms. The number of ether oxygens (including phenoxy) is 3. The molecule has 0 saturated carbocycles. The fourth-order valence-corrected chi connectivity index (χ4v) is 4.11. The minimum absolute atomic E-state index is 0.0731. The predicted molar refractivity (Wildman–Crippen MR) is 87.0 cm³/mol. The van der Waals surface area contributed by atoms with Crippen LogP contribution >= 0.6 is 11.8 Å². The molecule has 114 valence electrons. The molecule has 22 heavy (non-hydrogen) atoms. The molecule has 2 aliphatic rings. The summed E-state index contributed by atoms with van der Waals surface area (Å²) in [7, 11) is 1.71. The fraction of sp³-hybridized carbons (Fsp3) is 0.333. The molecule has 2 aromatic rings. The van der Waals surface area contributed by atoms with Gasteiger partial charge >= 0.3 is 0 Å². The molecule has 0 atom stereocenters. The van der Waals surface area contributed by atoms with E-state index in [1.807, 2.05) is 6.07 Å². The average molecular weight is 314 g/mol. The molecule has 0 unspecified atom stereocenters. The summed E-state index contributed by atoms with van der Waals surface area (Å²) < 4.78 is 17.0. The molecule has 0 aromatic heterocycles. The zero-order chi connectivity index (χ0) is 15.0. The summed E-state index contributed by atoms with van der Waals surface area (Å²) in [5.74, 6) is 2.78. The van der Waals surface area contributed by atoms with Gasteiger partial charge in [0.1, 0.15) is 18.1 Å². The number of hydrogen-bond acceptors (Lipinski definition) is 4. The molecular weight excluding hydrogens is 296 g/mol. The van der Waals surface area contributed by atoms with Crippen molar-refractivity contribution < 1.29 is 14.2 Å². The second kappa shape index (κ2) is 5.52. The van der Waals surface area contributed by atoms with Crippen LogP contribution < -0.4 is 9.47 Å². The van der Waals surface area contributed by atoms with Gasteiger partial charge in [0.25, 0.3) is 0 Å². The van der Waals surface area contributed by atoms with Crippen molar-refractivity contribution in [3.63, 3.8) is 0 Å². The lowest BCUT2D eigenvalue weighted by Gasteiger charge is -2.36. The summed E-state index contributed by atoms with van der Waals surface area (Å²) in [5.41, 5.74) is 2.64. The molecule has 0 aliphatic carbocycles. The normalized spacial score (nSPS) is 17.7. The molecular formula is C18H18O3S. The Morgan fingerprint density at radius 3 is 2.59 bits per heavy atom. The van der Waals surface area contributed by atoms with Crippen molar-refractivity contribution in [1.82, 2.24) is 0 Å². The molecule has 2 heterocycles. The van der Waals surface area contributed by atoms with Gasteiger partial charge in [-0.3, -0.25) is 0 Å². The molecule has 2 aromatic carbocycles. The van der Waals surface area contributed by atoms with Crippen LogP contribution in [0.25, 0.3) is 0 Å². The number of fused-ring (bicyclic) bond motifs is 2. The quantitative estimate of drug-likeness (QED) is 0.805. The van der Waals surface area contributed by atoms with E-state index in [2.05, 4.69) is 36.4 Å². The van der Waals surface area contributed by atoms with Gasteiger partial charge in [0.2, 0.25) is 0 Å². The number of rotatable bonds is 4. The van der Waals surface area contributed by atoms with E-state index in [9.17, 15) is 0 Å². The van der Waals surface area contributed by atoms with Gasteiger partial charge < -0.3 is 14.2 Å². The molecule has 1 saturated heterocycles. The van der Waals surface area contributed by atoms with Crippen LogP contribution in [-0.2, 0) is 15.9 Å². The van der Waals surface area contributed by atoms with E-state index in [-0.39, 0.29) is 5.41 Å². The molecule has 4 rings (SSSR count). The maximum Gasteiger partial charge on any atom is 0.140 e. The van der Waals surface area contributed by atoms with Crippen LogP contribution in [0.3, 0.4) is 0 Å². The van der Waals surface area contributed by atoms with Crippen molar-refractivity contribution in [1.29, 1.82) is 0 Å². The number of methoxy groups -OCH3 is 1. The largest absolute Gasteiger partial charge is 0.495 e. The van der Waals surface area contributed by atoms with Crippen LogP contribution in [0.1, 0.15) is 11.1 Å². The van der Waals surface area contributed by atoms with Crippen molar-refractivity contribution >= 4 is 11.8 Å². The maximum absolute atomic E-state index is 6.04. The molecule has 1 spiro atoms. The molecule has 0 bridgehead atoms. The van der Waals surface area contributed by atoms with E-state index in [1.165, 1.54) is 11.1 Å². The third-order valence-corrected chi connectivity index (χ3v) is 5.50.